The summed E-state index contributed by atoms with van der Waals surface area (Å²) >= 11 is 0. The van der Waals surface area contributed by atoms with E-state index in [1.54, 1.807) is 12.0 Å². The van der Waals surface area contributed by atoms with Gasteiger partial charge in [-0.3, -0.25) is 14.4 Å². The van der Waals surface area contributed by atoms with Crippen molar-refractivity contribution in [2.75, 3.05) is 46.2 Å². The Labute approximate surface area is 312 Å². The summed E-state index contributed by atoms with van der Waals surface area (Å²) in [5.41, 5.74) is 12.0. The molecule has 3 aliphatic carbocycles. The summed E-state index contributed by atoms with van der Waals surface area (Å²) in [6, 6.07) is 11.6. The van der Waals surface area contributed by atoms with Crippen LogP contribution in [0.1, 0.15) is 82.3 Å². The fraction of sp³-hybridized carbons (Fsp3) is 0.667. The van der Waals surface area contributed by atoms with Crippen LogP contribution in [0, 0.1) is 41.9 Å². The topological polar surface area (TPSA) is 123 Å². The van der Waals surface area contributed by atoms with Gasteiger partial charge in [-0.05, 0) is 117 Å². The number of likely N-dealkylation sites (N-methyl/N-ethyl adjacent to an activating group) is 1. The van der Waals surface area contributed by atoms with Crippen LogP contribution in [0.4, 0.5) is 5.69 Å². The predicted octanol–water partition coefficient (Wildman–Crippen LogP) is 5.06. The lowest BCUT2D eigenvalue weighted by Crippen LogP contribution is -2.62. The number of anilines is 1. The molecule has 4 aliphatic rings. The summed E-state index contributed by atoms with van der Waals surface area (Å²) in [7, 11) is 8.03. The standard InChI is InChI=1S/C42H66N6O4/c1-24(2)15-32(23-46(8)9)44-40(50)30-16-29(17-33(18-30)47(10)11)34-14-12-13-28(25(34)3)22-48-39(38(27(5)49)37(21-43)52-48)41(51)45-36-20-31-19-35(26(36)4)42(31,6)7/h12-14,16-18,24,26-27,31-32,35-39,49H,15,19-23,43H2,1-11H3,(H,44,50)(H,45,51)/t26-,27-,31-,32+,35+,36-,37-,38+,39-/m0/s1. The first-order valence-corrected chi connectivity index (χ1v) is 19.4. The Kier molecular flexibility index (Phi) is 12.5. The van der Waals surface area contributed by atoms with Crippen LogP contribution in [-0.4, -0.2) is 98.5 Å². The van der Waals surface area contributed by atoms with E-state index in [1.807, 2.05) is 51.3 Å². The van der Waals surface area contributed by atoms with Crippen molar-refractivity contribution in [3.8, 4) is 11.1 Å². The van der Waals surface area contributed by atoms with Gasteiger partial charge in [-0.2, -0.15) is 5.06 Å². The van der Waals surface area contributed by atoms with Gasteiger partial charge in [0.15, 0.2) is 0 Å². The molecule has 288 valence electrons. The summed E-state index contributed by atoms with van der Waals surface area (Å²) in [5, 5.41) is 19.5. The number of fused-ring (bicyclic) bond motifs is 2. The van der Waals surface area contributed by atoms with Gasteiger partial charge >= 0.3 is 0 Å². The highest BCUT2D eigenvalue weighted by molar-refractivity contribution is 5.97. The number of carbonyl (C=O) groups excluding carboxylic acids is 2. The first-order valence-electron chi connectivity index (χ1n) is 19.4. The maximum absolute atomic E-state index is 14.3. The quantitative estimate of drug-likeness (QED) is 0.214. The van der Waals surface area contributed by atoms with Crippen molar-refractivity contribution in [3.05, 3.63) is 53.1 Å². The summed E-state index contributed by atoms with van der Waals surface area (Å²) in [4.78, 5) is 38.6. The number of carbonyl (C=O) groups is 2. The number of benzene rings is 2. The monoisotopic (exact) mass is 719 g/mol. The minimum Gasteiger partial charge on any atom is -0.393 e. The van der Waals surface area contributed by atoms with Gasteiger partial charge in [0, 0.05) is 56.4 Å². The van der Waals surface area contributed by atoms with Crippen molar-refractivity contribution in [1.82, 2.24) is 20.6 Å². The molecule has 6 rings (SSSR count). The normalized spacial score (nSPS) is 28.0. The third kappa shape index (κ3) is 8.36. The Hall–Kier alpha value is -3.02. The maximum Gasteiger partial charge on any atom is 0.251 e. The molecule has 3 saturated carbocycles. The maximum atomic E-state index is 14.3. The second-order valence-corrected chi connectivity index (χ2v) is 17.6. The molecule has 1 heterocycles. The molecule has 9 atom stereocenters. The molecule has 1 saturated heterocycles. The zero-order chi connectivity index (χ0) is 38.2. The molecule has 10 nitrogen and oxygen atoms in total. The molecule has 2 aromatic rings. The molecule has 2 aromatic carbocycles. The van der Waals surface area contributed by atoms with Crippen molar-refractivity contribution < 1.29 is 19.5 Å². The zero-order valence-electron chi connectivity index (χ0n) is 33.6. The minimum atomic E-state index is -0.783. The second kappa shape index (κ2) is 16.1. The van der Waals surface area contributed by atoms with E-state index < -0.39 is 24.2 Å². The molecule has 0 spiro atoms. The van der Waals surface area contributed by atoms with Crippen LogP contribution in [0.3, 0.4) is 0 Å². The van der Waals surface area contributed by atoms with Gasteiger partial charge in [0.1, 0.15) is 6.04 Å². The van der Waals surface area contributed by atoms with Gasteiger partial charge in [0.25, 0.3) is 5.91 Å². The van der Waals surface area contributed by atoms with Gasteiger partial charge in [0.2, 0.25) is 5.91 Å². The van der Waals surface area contributed by atoms with Crippen LogP contribution >= 0.6 is 0 Å². The summed E-state index contributed by atoms with van der Waals surface area (Å²) in [6.45, 7) is 16.5. The molecule has 10 heteroatoms. The van der Waals surface area contributed by atoms with E-state index in [9.17, 15) is 14.7 Å². The Bertz CT molecular complexity index is 1560. The average molecular weight is 719 g/mol. The SMILES string of the molecule is Cc1c(CN2O[C@@H](CN)[C@@H]([C@H](C)O)[C@H]2C(=O)N[C@H]2C[C@@H]3C[C@H]([C@@H]2C)C3(C)C)cccc1-c1cc(C(=O)N[C@H](CC(C)C)CN(C)C)cc(N(C)C)c1. The van der Waals surface area contributed by atoms with E-state index in [0.29, 0.717) is 41.2 Å². The highest BCUT2D eigenvalue weighted by atomic mass is 16.7. The number of aliphatic hydroxyl groups excluding tert-OH is 1. The van der Waals surface area contributed by atoms with Gasteiger partial charge in [-0.25, -0.2) is 0 Å². The van der Waals surface area contributed by atoms with Gasteiger partial charge in [-0.15, -0.1) is 0 Å². The molecule has 2 bridgehead atoms. The van der Waals surface area contributed by atoms with E-state index in [0.717, 1.165) is 47.3 Å². The van der Waals surface area contributed by atoms with Crippen LogP contribution in [0.2, 0.25) is 0 Å². The number of hydrogen-bond donors (Lipinski definition) is 4. The molecule has 5 N–H and O–H groups in total. The summed E-state index contributed by atoms with van der Waals surface area (Å²) < 4.78 is 0. The van der Waals surface area contributed by atoms with Gasteiger partial charge in [-0.1, -0.05) is 52.8 Å². The third-order valence-corrected chi connectivity index (χ3v) is 12.6. The molecule has 52 heavy (non-hydrogen) atoms. The Balaban J connectivity index is 1.42. The van der Waals surface area contributed by atoms with Crippen LogP contribution in [-0.2, 0) is 16.2 Å². The predicted molar refractivity (Wildman–Crippen MR) is 210 cm³/mol. The number of rotatable bonds is 14. The molecular formula is C42H66N6O4. The lowest BCUT2D eigenvalue weighted by molar-refractivity contribution is -0.175. The number of hydroxylamine groups is 2. The smallest absolute Gasteiger partial charge is 0.251 e. The van der Waals surface area contributed by atoms with Crippen LogP contribution in [0.5, 0.6) is 0 Å². The van der Waals surface area contributed by atoms with Crippen LogP contribution < -0.4 is 21.3 Å². The zero-order valence-corrected chi connectivity index (χ0v) is 33.6. The Morgan fingerprint density at radius 1 is 1.10 bits per heavy atom. The molecule has 0 aromatic heterocycles. The van der Waals surface area contributed by atoms with Crippen molar-refractivity contribution in [1.29, 1.82) is 0 Å². The summed E-state index contributed by atoms with van der Waals surface area (Å²) in [5.74, 6) is 1.38. The number of nitrogens with one attached hydrogen (secondary N) is 2. The largest absolute Gasteiger partial charge is 0.393 e. The Morgan fingerprint density at radius 3 is 2.38 bits per heavy atom. The first-order chi connectivity index (χ1) is 24.4. The first kappa shape index (κ1) is 40.2. The van der Waals surface area contributed by atoms with E-state index in [2.05, 4.69) is 75.3 Å². The van der Waals surface area contributed by atoms with Crippen molar-refractivity contribution in [2.45, 2.75) is 105 Å². The van der Waals surface area contributed by atoms with E-state index in [-0.39, 0.29) is 30.4 Å². The fourth-order valence-electron chi connectivity index (χ4n) is 9.48. The average Bonchev–Trinajstić information content (AvgIpc) is 3.44. The van der Waals surface area contributed by atoms with Crippen molar-refractivity contribution in [3.63, 3.8) is 0 Å². The molecule has 0 unspecified atom stereocenters. The third-order valence-electron chi connectivity index (χ3n) is 12.6. The van der Waals surface area contributed by atoms with Crippen molar-refractivity contribution in [2.24, 2.45) is 40.7 Å². The molecule has 1 aliphatic heterocycles. The van der Waals surface area contributed by atoms with E-state index in [4.69, 9.17) is 10.6 Å². The number of amides is 2. The minimum absolute atomic E-state index is 0.0336. The van der Waals surface area contributed by atoms with Crippen LogP contribution in [0.15, 0.2) is 36.4 Å². The highest BCUT2D eigenvalue weighted by Crippen LogP contribution is 2.61. The van der Waals surface area contributed by atoms with Gasteiger partial charge < -0.3 is 31.3 Å². The van der Waals surface area contributed by atoms with E-state index >= 15 is 0 Å². The van der Waals surface area contributed by atoms with Gasteiger partial charge in [0.05, 0.1) is 18.8 Å². The molecule has 0 radical (unpaired) electrons. The summed E-state index contributed by atoms with van der Waals surface area (Å²) in [6.07, 6.45) is 1.83. The number of nitrogens with two attached hydrogens (primary N) is 1. The van der Waals surface area contributed by atoms with E-state index in [1.165, 1.54) is 6.42 Å². The molecule has 2 amide bonds. The fourth-order valence-corrected chi connectivity index (χ4v) is 9.48. The highest BCUT2D eigenvalue weighted by Gasteiger charge is 2.57. The molecule has 4 fully saturated rings. The lowest BCUT2D eigenvalue weighted by Gasteiger charge is -2.62. The number of hydrogen-bond acceptors (Lipinski definition) is 8. The molecular weight excluding hydrogens is 652 g/mol. The number of nitrogens with zero attached hydrogens (tertiary/aromatic N) is 3. The second-order valence-electron chi connectivity index (χ2n) is 17.6. The number of aliphatic hydroxyl groups is 1. The van der Waals surface area contributed by atoms with Crippen molar-refractivity contribution >= 4 is 17.5 Å². The Morgan fingerprint density at radius 2 is 1.81 bits per heavy atom. The lowest BCUT2D eigenvalue weighted by atomic mass is 9.45. The van der Waals surface area contributed by atoms with Crippen LogP contribution in [0.25, 0.3) is 11.1 Å².